The Hall–Kier alpha value is -2.23. The number of aromatic nitrogens is 1. The second-order valence-corrected chi connectivity index (χ2v) is 7.10. The summed E-state index contributed by atoms with van der Waals surface area (Å²) in [7, 11) is 0. The summed E-state index contributed by atoms with van der Waals surface area (Å²) in [6.45, 7) is 0. The van der Waals surface area contributed by atoms with Gasteiger partial charge < -0.3 is 10.4 Å². The van der Waals surface area contributed by atoms with Crippen molar-refractivity contribution in [3.63, 3.8) is 0 Å². The lowest BCUT2D eigenvalue weighted by molar-refractivity contribution is -0.137. The third-order valence-corrected chi connectivity index (χ3v) is 4.67. The summed E-state index contributed by atoms with van der Waals surface area (Å²) in [5, 5.41) is 14.5. The molecule has 27 heavy (non-hydrogen) atoms. The van der Waals surface area contributed by atoms with E-state index in [1.54, 1.807) is 18.2 Å². The second-order valence-electron chi connectivity index (χ2n) is 6.66. The van der Waals surface area contributed by atoms with E-state index in [1.807, 2.05) is 6.07 Å². The van der Waals surface area contributed by atoms with Gasteiger partial charge in [-0.3, -0.25) is 0 Å². The van der Waals surface area contributed by atoms with Gasteiger partial charge in [0.05, 0.1) is 5.56 Å². The molecule has 0 saturated heterocycles. The number of hydrogen-bond donors (Lipinski definition) is 2. The summed E-state index contributed by atoms with van der Waals surface area (Å²) in [5.41, 5.74) is -1.24. The summed E-state index contributed by atoms with van der Waals surface area (Å²) >= 11 is 5.94. The number of hydrogen-bond acceptors (Lipinski definition) is 3. The number of rotatable bonds is 2. The smallest absolute Gasteiger partial charge is 0.378 e. The van der Waals surface area contributed by atoms with E-state index < -0.39 is 17.3 Å². The van der Waals surface area contributed by atoms with Crippen molar-refractivity contribution in [3.05, 3.63) is 58.7 Å². The zero-order valence-corrected chi connectivity index (χ0v) is 15.1. The van der Waals surface area contributed by atoms with Gasteiger partial charge in [-0.05, 0) is 49.6 Å². The van der Waals surface area contributed by atoms with Gasteiger partial charge in [0, 0.05) is 29.2 Å². The Morgan fingerprint density at radius 2 is 2.07 bits per heavy atom. The van der Waals surface area contributed by atoms with Gasteiger partial charge in [-0.25, -0.2) is 4.98 Å². The van der Waals surface area contributed by atoms with Gasteiger partial charge in [0.2, 0.25) is 0 Å². The molecule has 0 bridgehead atoms. The van der Waals surface area contributed by atoms with Gasteiger partial charge in [0.25, 0.3) is 0 Å². The van der Waals surface area contributed by atoms with E-state index in [0.29, 0.717) is 23.7 Å². The van der Waals surface area contributed by atoms with Crippen LogP contribution in [0.25, 0.3) is 0 Å². The fraction of sp³-hybridized carbons (Fsp3) is 0.350. The van der Waals surface area contributed by atoms with Crippen molar-refractivity contribution >= 4 is 17.4 Å². The number of anilines is 1. The van der Waals surface area contributed by atoms with Crippen molar-refractivity contribution in [2.75, 3.05) is 5.32 Å². The molecule has 1 fully saturated rings. The molecule has 1 aromatic heterocycles. The second kappa shape index (κ2) is 7.79. The number of nitrogens with one attached hydrogen (secondary N) is 1. The molecule has 3 rings (SSSR count). The number of pyridine rings is 1. The van der Waals surface area contributed by atoms with Crippen LogP contribution in [0.2, 0.25) is 5.02 Å². The highest BCUT2D eigenvalue weighted by Crippen LogP contribution is 2.31. The van der Waals surface area contributed by atoms with E-state index in [4.69, 9.17) is 11.6 Å². The average Bonchev–Trinajstić information content (AvgIpc) is 2.60. The Kier molecular flexibility index (Phi) is 5.64. The molecular formula is C20H18ClF3N2O. The molecule has 7 heteroatoms. The molecular weight excluding hydrogens is 377 g/mol. The number of benzene rings is 1. The summed E-state index contributed by atoms with van der Waals surface area (Å²) in [5.74, 6) is 6.22. The molecule has 2 N–H and O–H groups in total. The van der Waals surface area contributed by atoms with E-state index in [-0.39, 0.29) is 6.04 Å². The largest absolute Gasteiger partial charge is 0.417 e. The Labute approximate surface area is 160 Å². The van der Waals surface area contributed by atoms with Crippen molar-refractivity contribution in [1.29, 1.82) is 0 Å². The maximum absolute atomic E-state index is 12.6. The average molecular weight is 395 g/mol. The van der Waals surface area contributed by atoms with Crippen LogP contribution in [0.3, 0.4) is 0 Å². The number of nitrogens with zero attached hydrogens (tertiary/aromatic N) is 1. The molecule has 1 aliphatic carbocycles. The Morgan fingerprint density at radius 3 is 2.74 bits per heavy atom. The van der Waals surface area contributed by atoms with Gasteiger partial charge in [0.15, 0.2) is 0 Å². The Bertz CT molecular complexity index is 858. The Balaban J connectivity index is 1.67. The van der Waals surface area contributed by atoms with Gasteiger partial charge in [-0.2, -0.15) is 13.2 Å². The molecule has 0 spiro atoms. The molecule has 0 radical (unpaired) electrons. The predicted octanol–water partition coefficient (Wildman–Crippen LogP) is 4.89. The van der Waals surface area contributed by atoms with Crippen molar-refractivity contribution in [1.82, 2.24) is 4.98 Å². The number of alkyl halides is 3. The molecule has 2 aromatic rings. The molecule has 142 valence electrons. The maximum Gasteiger partial charge on any atom is 0.417 e. The van der Waals surface area contributed by atoms with Crippen molar-refractivity contribution < 1.29 is 18.3 Å². The normalized spacial score (nSPS) is 22.6. The quantitative estimate of drug-likeness (QED) is 0.713. The van der Waals surface area contributed by atoms with Gasteiger partial charge in [-0.1, -0.05) is 29.5 Å². The first-order valence-corrected chi connectivity index (χ1v) is 8.92. The predicted molar refractivity (Wildman–Crippen MR) is 98.4 cm³/mol. The molecule has 3 nitrogen and oxygen atoms in total. The SMILES string of the molecule is O[C@]1(C#Cc2cccc(Cl)c2)CCC[C@@H](Nc2ccc(C(F)(F)F)cn2)C1. The van der Waals surface area contributed by atoms with Gasteiger partial charge in [0.1, 0.15) is 11.4 Å². The zero-order valence-electron chi connectivity index (χ0n) is 14.4. The lowest BCUT2D eigenvalue weighted by Gasteiger charge is -2.33. The lowest BCUT2D eigenvalue weighted by Crippen LogP contribution is -2.39. The third kappa shape index (κ3) is 5.38. The highest BCUT2D eigenvalue weighted by atomic mass is 35.5. The minimum absolute atomic E-state index is 0.123. The molecule has 0 aliphatic heterocycles. The minimum Gasteiger partial charge on any atom is -0.378 e. The van der Waals surface area contributed by atoms with E-state index in [0.717, 1.165) is 30.7 Å². The number of halogens is 4. The van der Waals surface area contributed by atoms with Gasteiger partial charge in [-0.15, -0.1) is 0 Å². The van der Waals surface area contributed by atoms with Crippen LogP contribution in [-0.4, -0.2) is 21.7 Å². The summed E-state index contributed by atoms with van der Waals surface area (Å²) < 4.78 is 37.8. The minimum atomic E-state index is -4.41. The highest BCUT2D eigenvalue weighted by molar-refractivity contribution is 6.30. The van der Waals surface area contributed by atoms with Crippen LogP contribution in [0.4, 0.5) is 19.0 Å². The molecule has 1 heterocycles. The third-order valence-electron chi connectivity index (χ3n) is 4.43. The van der Waals surface area contributed by atoms with Crippen LogP contribution in [0.1, 0.15) is 36.8 Å². The Morgan fingerprint density at radius 1 is 1.26 bits per heavy atom. The van der Waals surface area contributed by atoms with Crippen LogP contribution in [0, 0.1) is 11.8 Å². The molecule has 2 atom stereocenters. The van der Waals surface area contributed by atoms with E-state index in [9.17, 15) is 18.3 Å². The first kappa shape index (κ1) is 19.5. The van der Waals surface area contributed by atoms with E-state index in [2.05, 4.69) is 22.1 Å². The monoisotopic (exact) mass is 394 g/mol. The van der Waals surface area contributed by atoms with Crippen molar-refractivity contribution in [3.8, 4) is 11.8 Å². The first-order valence-electron chi connectivity index (χ1n) is 8.54. The topological polar surface area (TPSA) is 45.1 Å². The highest BCUT2D eigenvalue weighted by Gasteiger charge is 2.33. The number of aliphatic hydroxyl groups is 1. The van der Waals surface area contributed by atoms with Gasteiger partial charge >= 0.3 is 6.18 Å². The fourth-order valence-corrected chi connectivity index (χ4v) is 3.29. The zero-order chi connectivity index (χ0) is 19.5. The molecule has 0 unspecified atom stereocenters. The summed E-state index contributed by atoms with van der Waals surface area (Å²) in [6, 6.07) is 9.24. The van der Waals surface area contributed by atoms with Crippen molar-refractivity contribution in [2.45, 2.75) is 43.5 Å². The summed E-state index contributed by atoms with van der Waals surface area (Å²) in [4.78, 5) is 3.83. The van der Waals surface area contributed by atoms with Crippen LogP contribution < -0.4 is 5.32 Å². The first-order chi connectivity index (χ1) is 12.7. The maximum atomic E-state index is 12.6. The van der Waals surface area contributed by atoms with Crippen LogP contribution in [0.15, 0.2) is 42.6 Å². The molecule has 1 aliphatic rings. The standard InChI is InChI=1S/C20H18ClF3N2O/c21-16-4-1-3-14(11-16)8-10-19(27)9-2-5-17(12-19)26-18-7-6-15(13-25-18)20(22,23)24/h1,3-4,6-7,11,13,17,27H,2,5,9,12H2,(H,25,26)/t17-,19+/m1/s1. The van der Waals surface area contributed by atoms with Crippen LogP contribution in [0.5, 0.6) is 0 Å². The molecule has 1 aromatic carbocycles. The molecule has 0 amide bonds. The fourth-order valence-electron chi connectivity index (χ4n) is 3.10. The van der Waals surface area contributed by atoms with E-state index in [1.165, 1.54) is 6.07 Å². The molecule has 1 saturated carbocycles. The van der Waals surface area contributed by atoms with Crippen LogP contribution in [-0.2, 0) is 6.18 Å². The van der Waals surface area contributed by atoms with Crippen LogP contribution >= 0.6 is 11.6 Å². The lowest BCUT2D eigenvalue weighted by atomic mass is 9.82. The summed E-state index contributed by atoms with van der Waals surface area (Å²) in [6.07, 6.45) is -1.17. The van der Waals surface area contributed by atoms with E-state index >= 15 is 0 Å². The van der Waals surface area contributed by atoms with Crippen molar-refractivity contribution in [2.24, 2.45) is 0 Å².